The summed E-state index contributed by atoms with van der Waals surface area (Å²) in [5, 5.41) is 8.96. The van der Waals surface area contributed by atoms with E-state index in [0.29, 0.717) is 0 Å². The van der Waals surface area contributed by atoms with Crippen molar-refractivity contribution in [2.75, 3.05) is 0 Å². The normalized spacial score (nSPS) is 11.6. The second-order valence-electron chi connectivity index (χ2n) is 3.53. The molecule has 2 aromatic rings. The van der Waals surface area contributed by atoms with Gasteiger partial charge in [-0.15, -0.1) is 0 Å². The SMILES string of the molecule is O=C(O)c1cc(=O)[nH]c2ccc(S(=O)(=O)O)cc12. The highest BCUT2D eigenvalue weighted by atomic mass is 32.2. The molecule has 0 saturated heterocycles. The van der Waals surface area contributed by atoms with Crippen LogP contribution in [0.15, 0.2) is 34.0 Å². The maximum atomic E-state index is 11.2. The van der Waals surface area contributed by atoms with Crippen LogP contribution in [0.5, 0.6) is 0 Å². The fourth-order valence-electron chi connectivity index (χ4n) is 1.57. The maximum absolute atomic E-state index is 11.2. The molecule has 0 aliphatic carbocycles. The molecule has 1 aromatic heterocycles. The average Bonchev–Trinajstić information content (AvgIpc) is 2.25. The standard InChI is InChI=1S/C10H7NO6S/c12-9-4-7(10(13)14)6-3-5(18(15,16)17)1-2-8(6)11-9/h1-4H,(H,11,12)(H,13,14)(H,15,16,17). The Kier molecular flexibility index (Phi) is 2.68. The first-order valence-electron chi connectivity index (χ1n) is 4.67. The number of carbonyl (C=O) groups is 1. The molecule has 0 fully saturated rings. The third-order valence-electron chi connectivity index (χ3n) is 2.34. The third kappa shape index (κ3) is 2.11. The zero-order valence-electron chi connectivity index (χ0n) is 8.75. The molecule has 8 heteroatoms. The summed E-state index contributed by atoms with van der Waals surface area (Å²) in [6.45, 7) is 0. The van der Waals surface area contributed by atoms with Gasteiger partial charge in [0, 0.05) is 17.0 Å². The number of benzene rings is 1. The molecule has 94 valence electrons. The van der Waals surface area contributed by atoms with Crippen LogP contribution in [0.1, 0.15) is 10.4 Å². The largest absolute Gasteiger partial charge is 0.478 e. The molecule has 3 N–H and O–H groups in total. The maximum Gasteiger partial charge on any atom is 0.336 e. The number of carboxylic acids is 1. The zero-order valence-corrected chi connectivity index (χ0v) is 9.56. The summed E-state index contributed by atoms with van der Waals surface area (Å²) in [7, 11) is -4.43. The first kappa shape index (κ1) is 12.3. The van der Waals surface area contributed by atoms with E-state index in [0.717, 1.165) is 18.2 Å². The van der Waals surface area contributed by atoms with Crippen molar-refractivity contribution in [3.63, 3.8) is 0 Å². The van der Waals surface area contributed by atoms with Crippen LogP contribution in [0.2, 0.25) is 0 Å². The van der Waals surface area contributed by atoms with Crippen LogP contribution in [0.3, 0.4) is 0 Å². The van der Waals surface area contributed by atoms with Gasteiger partial charge in [0.15, 0.2) is 0 Å². The van der Waals surface area contributed by atoms with Gasteiger partial charge in [0.05, 0.1) is 10.5 Å². The lowest BCUT2D eigenvalue weighted by molar-refractivity contribution is 0.0698. The van der Waals surface area contributed by atoms with E-state index in [1.807, 2.05) is 0 Å². The summed E-state index contributed by atoms with van der Waals surface area (Å²) in [5.41, 5.74) is -0.772. The molecule has 0 spiro atoms. The number of aromatic amines is 1. The van der Waals surface area contributed by atoms with Gasteiger partial charge in [0.1, 0.15) is 0 Å². The predicted molar refractivity (Wildman–Crippen MR) is 61.3 cm³/mol. The molecule has 0 amide bonds. The molecule has 0 atom stereocenters. The van der Waals surface area contributed by atoms with Crippen molar-refractivity contribution in [1.82, 2.24) is 4.98 Å². The Balaban J connectivity index is 2.92. The van der Waals surface area contributed by atoms with Crippen LogP contribution in [0, 0.1) is 0 Å². The minimum atomic E-state index is -4.43. The molecule has 0 bridgehead atoms. The van der Waals surface area contributed by atoms with E-state index in [1.165, 1.54) is 6.07 Å². The van der Waals surface area contributed by atoms with Crippen molar-refractivity contribution in [2.24, 2.45) is 0 Å². The second-order valence-corrected chi connectivity index (χ2v) is 4.96. The molecule has 1 aromatic carbocycles. The Hall–Kier alpha value is -2.19. The molecule has 0 radical (unpaired) electrons. The van der Waals surface area contributed by atoms with E-state index in [-0.39, 0.29) is 16.5 Å². The number of aromatic nitrogens is 1. The van der Waals surface area contributed by atoms with Crippen LogP contribution in [0.4, 0.5) is 0 Å². The first-order valence-corrected chi connectivity index (χ1v) is 6.11. The van der Waals surface area contributed by atoms with E-state index >= 15 is 0 Å². The highest BCUT2D eigenvalue weighted by molar-refractivity contribution is 7.85. The molecule has 2 rings (SSSR count). The smallest absolute Gasteiger partial charge is 0.336 e. The van der Waals surface area contributed by atoms with E-state index in [1.54, 1.807) is 0 Å². The summed E-state index contributed by atoms with van der Waals surface area (Å²) in [5.74, 6) is -1.36. The van der Waals surface area contributed by atoms with Gasteiger partial charge in [-0.2, -0.15) is 8.42 Å². The Labute approximate surface area is 100 Å². The number of H-pyrrole nitrogens is 1. The monoisotopic (exact) mass is 269 g/mol. The van der Waals surface area contributed by atoms with Gasteiger partial charge in [-0.3, -0.25) is 9.35 Å². The lowest BCUT2D eigenvalue weighted by Gasteiger charge is -2.04. The van der Waals surface area contributed by atoms with Crippen molar-refractivity contribution < 1.29 is 22.9 Å². The van der Waals surface area contributed by atoms with Gasteiger partial charge in [-0.05, 0) is 18.2 Å². The van der Waals surface area contributed by atoms with Crippen LogP contribution in [-0.2, 0) is 10.1 Å². The van der Waals surface area contributed by atoms with Crippen molar-refractivity contribution >= 4 is 27.0 Å². The van der Waals surface area contributed by atoms with Crippen molar-refractivity contribution in [3.05, 3.63) is 40.2 Å². The Morgan fingerprint density at radius 1 is 1.22 bits per heavy atom. The predicted octanol–water partition coefficient (Wildman–Crippen LogP) is 0.473. The van der Waals surface area contributed by atoms with Gasteiger partial charge in [0.25, 0.3) is 10.1 Å². The second kappa shape index (κ2) is 3.93. The number of nitrogens with one attached hydrogen (secondary N) is 1. The van der Waals surface area contributed by atoms with Crippen LogP contribution >= 0.6 is 0 Å². The average molecular weight is 269 g/mol. The van der Waals surface area contributed by atoms with E-state index < -0.39 is 26.5 Å². The molecule has 0 saturated carbocycles. The van der Waals surface area contributed by atoms with Gasteiger partial charge >= 0.3 is 5.97 Å². The Bertz CT molecular complexity index is 805. The highest BCUT2D eigenvalue weighted by Crippen LogP contribution is 2.19. The third-order valence-corrected chi connectivity index (χ3v) is 3.19. The van der Waals surface area contributed by atoms with E-state index in [2.05, 4.69) is 4.98 Å². The summed E-state index contributed by atoms with van der Waals surface area (Å²) in [6, 6.07) is 4.12. The van der Waals surface area contributed by atoms with Crippen molar-refractivity contribution in [2.45, 2.75) is 4.90 Å². The molecule has 18 heavy (non-hydrogen) atoms. The van der Waals surface area contributed by atoms with Crippen molar-refractivity contribution in [1.29, 1.82) is 0 Å². The lowest BCUT2D eigenvalue weighted by Crippen LogP contribution is -2.10. The molecule has 1 heterocycles. The fourth-order valence-corrected chi connectivity index (χ4v) is 2.08. The molecule has 0 unspecified atom stereocenters. The van der Waals surface area contributed by atoms with Gasteiger partial charge in [0.2, 0.25) is 5.56 Å². The fraction of sp³-hybridized carbons (Fsp3) is 0. The number of hydrogen-bond acceptors (Lipinski definition) is 4. The van der Waals surface area contributed by atoms with Gasteiger partial charge < -0.3 is 10.1 Å². The van der Waals surface area contributed by atoms with Crippen LogP contribution < -0.4 is 5.56 Å². The van der Waals surface area contributed by atoms with Gasteiger partial charge in [-0.1, -0.05) is 0 Å². The van der Waals surface area contributed by atoms with Crippen LogP contribution in [0.25, 0.3) is 10.9 Å². The minimum Gasteiger partial charge on any atom is -0.478 e. The summed E-state index contributed by atoms with van der Waals surface area (Å²) in [6.07, 6.45) is 0. The number of hydrogen-bond donors (Lipinski definition) is 3. The Morgan fingerprint density at radius 3 is 2.44 bits per heavy atom. The van der Waals surface area contributed by atoms with E-state index in [9.17, 15) is 18.0 Å². The topological polar surface area (TPSA) is 125 Å². The molecular weight excluding hydrogens is 262 g/mol. The minimum absolute atomic E-state index is 0.0252. The first-order chi connectivity index (χ1) is 8.29. The van der Waals surface area contributed by atoms with Crippen molar-refractivity contribution in [3.8, 4) is 0 Å². The lowest BCUT2D eigenvalue weighted by atomic mass is 10.1. The number of aromatic carboxylic acids is 1. The molecular formula is C10H7NO6S. The molecule has 0 aliphatic rings. The number of carboxylic acid groups (broad SMARTS) is 1. The quantitative estimate of drug-likeness (QED) is 0.681. The van der Waals surface area contributed by atoms with E-state index in [4.69, 9.17) is 9.66 Å². The summed E-state index contributed by atoms with van der Waals surface area (Å²) in [4.78, 5) is 24.1. The highest BCUT2D eigenvalue weighted by Gasteiger charge is 2.15. The number of fused-ring (bicyclic) bond motifs is 1. The van der Waals surface area contributed by atoms with Gasteiger partial charge in [-0.25, -0.2) is 4.79 Å². The zero-order chi connectivity index (χ0) is 13.5. The number of rotatable bonds is 2. The summed E-state index contributed by atoms with van der Waals surface area (Å²) < 4.78 is 30.8. The summed E-state index contributed by atoms with van der Waals surface area (Å²) >= 11 is 0. The Morgan fingerprint density at radius 2 is 1.89 bits per heavy atom. The number of pyridine rings is 1. The van der Waals surface area contributed by atoms with Crippen LogP contribution in [-0.4, -0.2) is 29.0 Å². The molecule has 7 nitrogen and oxygen atoms in total. The molecule has 0 aliphatic heterocycles.